The van der Waals surface area contributed by atoms with Crippen LogP contribution in [0.15, 0.2) is 24.3 Å². The molecule has 1 fully saturated rings. The van der Waals surface area contributed by atoms with Gasteiger partial charge in [-0.25, -0.2) is 0 Å². The summed E-state index contributed by atoms with van der Waals surface area (Å²) in [6.07, 6.45) is 2.01. The summed E-state index contributed by atoms with van der Waals surface area (Å²) in [5.74, 6) is -0.0240. The molecule has 2 atom stereocenters. The number of nitrogens with two attached hydrogens (primary N) is 1. The van der Waals surface area contributed by atoms with Crippen molar-refractivity contribution < 1.29 is 4.79 Å². The number of nitrogens with zero attached hydrogens (tertiary/aromatic N) is 1. The van der Waals surface area contributed by atoms with Gasteiger partial charge in [-0.1, -0.05) is 6.07 Å². The van der Waals surface area contributed by atoms with E-state index in [2.05, 4.69) is 24.2 Å². The van der Waals surface area contributed by atoms with Gasteiger partial charge in [0.2, 0.25) is 0 Å². The SMILES string of the molecule is CC1CC(NC(=O)c2cccc(N)c2)CCN1C. The Bertz CT molecular complexity index is 433. The molecule has 2 unspecified atom stereocenters. The number of carbonyl (C=O) groups excluding carboxylic acids is 1. The Morgan fingerprint density at radius 3 is 2.94 bits per heavy atom. The van der Waals surface area contributed by atoms with Gasteiger partial charge in [0.05, 0.1) is 0 Å². The Morgan fingerprint density at radius 1 is 1.50 bits per heavy atom. The van der Waals surface area contributed by atoms with Gasteiger partial charge in [-0.2, -0.15) is 0 Å². The van der Waals surface area contributed by atoms with E-state index in [1.807, 2.05) is 6.07 Å². The lowest BCUT2D eigenvalue weighted by Gasteiger charge is -2.35. The zero-order valence-electron chi connectivity index (χ0n) is 11.0. The highest BCUT2D eigenvalue weighted by Crippen LogP contribution is 2.16. The second-order valence-electron chi connectivity index (χ2n) is 5.15. The average Bonchev–Trinajstić information content (AvgIpc) is 2.34. The van der Waals surface area contributed by atoms with Crippen molar-refractivity contribution in [3.8, 4) is 0 Å². The molecule has 1 amide bonds. The number of rotatable bonds is 2. The Labute approximate surface area is 108 Å². The Balaban J connectivity index is 1.96. The maximum absolute atomic E-state index is 12.1. The summed E-state index contributed by atoms with van der Waals surface area (Å²) >= 11 is 0. The first-order valence-corrected chi connectivity index (χ1v) is 6.43. The van der Waals surface area contributed by atoms with E-state index in [9.17, 15) is 4.79 Å². The standard InChI is InChI=1S/C14H21N3O/c1-10-8-13(6-7-17(10)2)16-14(18)11-4-3-5-12(15)9-11/h3-5,9-10,13H,6-8,15H2,1-2H3,(H,16,18). The van der Waals surface area contributed by atoms with E-state index in [-0.39, 0.29) is 11.9 Å². The number of hydrogen-bond donors (Lipinski definition) is 2. The highest BCUT2D eigenvalue weighted by Gasteiger charge is 2.24. The lowest BCUT2D eigenvalue weighted by Crippen LogP contribution is -2.47. The first-order chi connectivity index (χ1) is 8.56. The first-order valence-electron chi connectivity index (χ1n) is 6.43. The average molecular weight is 247 g/mol. The van der Waals surface area contributed by atoms with Gasteiger partial charge in [-0.3, -0.25) is 4.79 Å². The molecular formula is C14H21N3O. The highest BCUT2D eigenvalue weighted by molar-refractivity contribution is 5.95. The van der Waals surface area contributed by atoms with E-state index in [4.69, 9.17) is 5.73 Å². The molecule has 3 N–H and O–H groups in total. The topological polar surface area (TPSA) is 58.4 Å². The number of anilines is 1. The Morgan fingerprint density at radius 2 is 2.28 bits per heavy atom. The van der Waals surface area contributed by atoms with Crippen molar-refractivity contribution in [2.24, 2.45) is 0 Å². The highest BCUT2D eigenvalue weighted by atomic mass is 16.1. The smallest absolute Gasteiger partial charge is 0.251 e. The molecule has 1 heterocycles. The number of likely N-dealkylation sites (tertiary alicyclic amines) is 1. The zero-order chi connectivity index (χ0) is 13.1. The number of benzene rings is 1. The molecule has 1 aliphatic heterocycles. The van der Waals surface area contributed by atoms with E-state index in [0.717, 1.165) is 19.4 Å². The number of amides is 1. The summed E-state index contributed by atoms with van der Waals surface area (Å²) in [6.45, 7) is 3.22. The number of nitrogen functional groups attached to an aromatic ring is 1. The molecule has 0 spiro atoms. The number of nitrogens with one attached hydrogen (secondary N) is 1. The number of hydrogen-bond acceptors (Lipinski definition) is 3. The molecule has 2 rings (SSSR count). The van der Waals surface area contributed by atoms with Crippen molar-refractivity contribution in [3.63, 3.8) is 0 Å². The predicted octanol–water partition coefficient (Wildman–Crippen LogP) is 1.48. The van der Waals surface area contributed by atoms with E-state index in [1.165, 1.54) is 0 Å². The van der Waals surface area contributed by atoms with Gasteiger partial charge in [0.25, 0.3) is 5.91 Å². The van der Waals surface area contributed by atoms with Crippen molar-refractivity contribution in [1.29, 1.82) is 0 Å². The fraction of sp³-hybridized carbons (Fsp3) is 0.500. The minimum absolute atomic E-state index is 0.0240. The van der Waals surface area contributed by atoms with Gasteiger partial charge in [0.1, 0.15) is 0 Å². The Hall–Kier alpha value is -1.55. The van der Waals surface area contributed by atoms with Crippen LogP contribution in [0.1, 0.15) is 30.1 Å². The second kappa shape index (κ2) is 5.40. The van der Waals surface area contributed by atoms with Crippen LogP contribution in [0.2, 0.25) is 0 Å². The third-order valence-electron chi connectivity index (χ3n) is 3.69. The molecule has 4 heteroatoms. The molecule has 1 aromatic carbocycles. The molecular weight excluding hydrogens is 226 g/mol. The van der Waals surface area contributed by atoms with E-state index in [1.54, 1.807) is 18.2 Å². The van der Waals surface area contributed by atoms with Crippen LogP contribution in [0.3, 0.4) is 0 Å². The van der Waals surface area contributed by atoms with Crippen LogP contribution in [-0.2, 0) is 0 Å². The van der Waals surface area contributed by atoms with Gasteiger partial charge in [-0.05, 0) is 45.0 Å². The maximum Gasteiger partial charge on any atom is 0.251 e. The summed E-state index contributed by atoms with van der Waals surface area (Å²) in [5, 5.41) is 3.09. The van der Waals surface area contributed by atoms with Crippen LogP contribution in [0.25, 0.3) is 0 Å². The largest absolute Gasteiger partial charge is 0.399 e. The predicted molar refractivity (Wildman–Crippen MR) is 73.4 cm³/mol. The minimum atomic E-state index is -0.0240. The number of carbonyl (C=O) groups is 1. The summed E-state index contributed by atoms with van der Waals surface area (Å²) in [4.78, 5) is 14.4. The molecule has 1 aromatic rings. The van der Waals surface area contributed by atoms with Crippen molar-refractivity contribution in [3.05, 3.63) is 29.8 Å². The van der Waals surface area contributed by atoms with Crippen molar-refractivity contribution in [2.75, 3.05) is 19.3 Å². The summed E-state index contributed by atoms with van der Waals surface area (Å²) in [7, 11) is 2.13. The third-order valence-corrected chi connectivity index (χ3v) is 3.69. The van der Waals surface area contributed by atoms with Gasteiger partial charge in [0, 0.05) is 29.9 Å². The van der Waals surface area contributed by atoms with Crippen molar-refractivity contribution in [2.45, 2.75) is 31.8 Å². The minimum Gasteiger partial charge on any atom is -0.399 e. The van der Waals surface area contributed by atoms with Crippen molar-refractivity contribution in [1.82, 2.24) is 10.2 Å². The molecule has 1 saturated heterocycles. The monoisotopic (exact) mass is 247 g/mol. The molecule has 0 aromatic heterocycles. The van der Waals surface area contributed by atoms with Crippen LogP contribution in [0.5, 0.6) is 0 Å². The molecule has 4 nitrogen and oxygen atoms in total. The molecule has 0 bridgehead atoms. The van der Waals surface area contributed by atoms with Crippen LogP contribution < -0.4 is 11.1 Å². The number of piperidine rings is 1. The third kappa shape index (κ3) is 3.01. The van der Waals surface area contributed by atoms with Crippen LogP contribution in [-0.4, -0.2) is 36.5 Å². The maximum atomic E-state index is 12.1. The molecule has 0 radical (unpaired) electrons. The lowest BCUT2D eigenvalue weighted by atomic mass is 9.98. The van der Waals surface area contributed by atoms with Crippen LogP contribution in [0, 0.1) is 0 Å². The van der Waals surface area contributed by atoms with E-state index < -0.39 is 0 Å². The van der Waals surface area contributed by atoms with Gasteiger partial charge < -0.3 is 16.0 Å². The van der Waals surface area contributed by atoms with E-state index >= 15 is 0 Å². The second-order valence-corrected chi connectivity index (χ2v) is 5.15. The van der Waals surface area contributed by atoms with Crippen molar-refractivity contribution >= 4 is 11.6 Å². The normalized spacial score (nSPS) is 24.8. The summed E-state index contributed by atoms with van der Waals surface area (Å²) in [5.41, 5.74) is 6.95. The molecule has 18 heavy (non-hydrogen) atoms. The fourth-order valence-electron chi connectivity index (χ4n) is 2.37. The molecule has 0 saturated carbocycles. The van der Waals surface area contributed by atoms with Gasteiger partial charge in [0.15, 0.2) is 0 Å². The summed E-state index contributed by atoms with van der Waals surface area (Å²) in [6, 6.07) is 7.89. The summed E-state index contributed by atoms with van der Waals surface area (Å²) < 4.78 is 0. The quantitative estimate of drug-likeness (QED) is 0.778. The lowest BCUT2D eigenvalue weighted by molar-refractivity contribution is 0.0896. The molecule has 0 aliphatic carbocycles. The first kappa shape index (κ1) is 12.9. The van der Waals surface area contributed by atoms with Crippen LogP contribution >= 0.6 is 0 Å². The fourth-order valence-corrected chi connectivity index (χ4v) is 2.37. The molecule has 98 valence electrons. The molecule has 1 aliphatic rings. The van der Waals surface area contributed by atoms with Gasteiger partial charge >= 0.3 is 0 Å². The zero-order valence-corrected chi connectivity index (χ0v) is 11.0. The van der Waals surface area contributed by atoms with E-state index in [0.29, 0.717) is 17.3 Å². The Kier molecular flexibility index (Phi) is 3.87. The van der Waals surface area contributed by atoms with Gasteiger partial charge in [-0.15, -0.1) is 0 Å². The van der Waals surface area contributed by atoms with Crippen LogP contribution in [0.4, 0.5) is 5.69 Å².